The highest BCUT2D eigenvalue weighted by molar-refractivity contribution is 7.99. The first-order valence-electron chi connectivity index (χ1n) is 9.20. The molecule has 0 spiro atoms. The smallest absolute Gasteiger partial charge is 0.262 e. The molecular weight excluding hydrogens is 390 g/mol. The van der Waals surface area contributed by atoms with Crippen molar-refractivity contribution in [2.75, 3.05) is 12.3 Å². The fourth-order valence-electron chi connectivity index (χ4n) is 2.78. The van der Waals surface area contributed by atoms with E-state index in [1.165, 1.54) is 11.8 Å². The lowest BCUT2D eigenvalue weighted by atomic mass is 10.1. The van der Waals surface area contributed by atoms with E-state index in [2.05, 4.69) is 18.8 Å². The predicted octanol–water partition coefficient (Wildman–Crippen LogP) is 3.66. The number of carbonyl (C=O) groups excluding carboxylic acids is 1. The van der Waals surface area contributed by atoms with Crippen LogP contribution in [0.1, 0.15) is 17.4 Å². The van der Waals surface area contributed by atoms with Crippen LogP contribution >= 0.6 is 23.1 Å². The van der Waals surface area contributed by atoms with E-state index in [0.29, 0.717) is 23.6 Å². The maximum absolute atomic E-state index is 13.1. The summed E-state index contributed by atoms with van der Waals surface area (Å²) < 4.78 is 1.70. The second kappa shape index (κ2) is 9.71. The van der Waals surface area contributed by atoms with Crippen LogP contribution in [0.3, 0.4) is 0 Å². The van der Waals surface area contributed by atoms with Crippen molar-refractivity contribution in [2.45, 2.75) is 31.5 Å². The van der Waals surface area contributed by atoms with Crippen molar-refractivity contribution < 1.29 is 4.79 Å². The maximum Gasteiger partial charge on any atom is 0.262 e. The quantitative estimate of drug-likeness (QED) is 0.330. The van der Waals surface area contributed by atoms with Crippen LogP contribution in [0.5, 0.6) is 0 Å². The van der Waals surface area contributed by atoms with Crippen molar-refractivity contribution in [1.82, 2.24) is 14.9 Å². The number of nitrogens with zero attached hydrogens (tertiary/aromatic N) is 2. The van der Waals surface area contributed by atoms with Gasteiger partial charge in [0.1, 0.15) is 4.83 Å². The third kappa shape index (κ3) is 4.91. The Morgan fingerprint density at radius 2 is 2.14 bits per heavy atom. The fraction of sp³-hybridized carbons (Fsp3) is 0.286. The molecule has 3 rings (SSSR count). The molecule has 146 valence electrons. The standard InChI is InChI=1S/C21H23N3O2S2/c1-3-11-22-18(25)14-27-21-23-19-17(13-16(4-2)28-19)20(26)24(21)12-10-15-8-6-5-7-9-15/h3,5-9,13H,1,4,10-12,14H2,2H3,(H,22,25). The molecule has 0 aliphatic carbocycles. The molecule has 0 aliphatic heterocycles. The van der Waals surface area contributed by atoms with E-state index in [-0.39, 0.29) is 17.2 Å². The number of aromatic nitrogens is 2. The highest BCUT2D eigenvalue weighted by Gasteiger charge is 2.15. The lowest BCUT2D eigenvalue weighted by Gasteiger charge is -2.12. The summed E-state index contributed by atoms with van der Waals surface area (Å²) in [6, 6.07) is 12.0. The first-order valence-corrected chi connectivity index (χ1v) is 11.0. The first kappa shape index (κ1) is 20.4. The summed E-state index contributed by atoms with van der Waals surface area (Å²) in [4.78, 5) is 31.7. The Morgan fingerprint density at radius 3 is 2.86 bits per heavy atom. The molecule has 3 aromatic rings. The van der Waals surface area contributed by atoms with Gasteiger partial charge in [-0.2, -0.15) is 0 Å². The third-order valence-corrected chi connectivity index (χ3v) is 6.41. The lowest BCUT2D eigenvalue weighted by Crippen LogP contribution is -2.27. The zero-order chi connectivity index (χ0) is 19.9. The minimum Gasteiger partial charge on any atom is -0.352 e. The molecule has 0 saturated heterocycles. The van der Waals surface area contributed by atoms with Crippen LogP contribution in [0, 0.1) is 0 Å². The third-order valence-electron chi connectivity index (χ3n) is 4.26. The highest BCUT2D eigenvalue weighted by atomic mass is 32.2. The van der Waals surface area contributed by atoms with Crippen molar-refractivity contribution in [3.63, 3.8) is 0 Å². The Bertz CT molecular complexity index is 1030. The van der Waals surface area contributed by atoms with E-state index in [9.17, 15) is 9.59 Å². The van der Waals surface area contributed by atoms with Gasteiger partial charge in [0.05, 0.1) is 11.1 Å². The second-order valence-electron chi connectivity index (χ2n) is 6.25. The molecule has 2 heterocycles. The van der Waals surface area contributed by atoms with Crippen molar-refractivity contribution in [2.24, 2.45) is 0 Å². The zero-order valence-electron chi connectivity index (χ0n) is 15.8. The van der Waals surface area contributed by atoms with Crippen LogP contribution in [-0.2, 0) is 24.2 Å². The summed E-state index contributed by atoms with van der Waals surface area (Å²) >= 11 is 2.84. The van der Waals surface area contributed by atoms with Gasteiger partial charge in [-0.15, -0.1) is 17.9 Å². The second-order valence-corrected chi connectivity index (χ2v) is 8.31. The minimum absolute atomic E-state index is 0.0362. The minimum atomic E-state index is -0.103. The van der Waals surface area contributed by atoms with E-state index in [1.54, 1.807) is 22.0 Å². The lowest BCUT2D eigenvalue weighted by molar-refractivity contribution is -0.118. The van der Waals surface area contributed by atoms with Crippen LogP contribution in [0.25, 0.3) is 10.2 Å². The number of aryl methyl sites for hydroxylation is 2. The number of fused-ring (bicyclic) bond motifs is 1. The number of thiophene rings is 1. The van der Waals surface area contributed by atoms with Crippen LogP contribution in [0.4, 0.5) is 0 Å². The number of benzene rings is 1. The van der Waals surface area contributed by atoms with E-state index in [0.717, 1.165) is 28.1 Å². The molecule has 1 N–H and O–H groups in total. The Kier molecular flexibility index (Phi) is 7.06. The van der Waals surface area contributed by atoms with Gasteiger partial charge in [-0.3, -0.25) is 14.2 Å². The predicted molar refractivity (Wildman–Crippen MR) is 117 cm³/mol. The maximum atomic E-state index is 13.1. The summed E-state index contributed by atoms with van der Waals surface area (Å²) in [6.07, 6.45) is 3.24. The first-order chi connectivity index (χ1) is 13.6. The van der Waals surface area contributed by atoms with Crippen molar-refractivity contribution in [1.29, 1.82) is 0 Å². The Morgan fingerprint density at radius 1 is 1.36 bits per heavy atom. The van der Waals surface area contributed by atoms with Gasteiger partial charge in [0, 0.05) is 18.0 Å². The van der Waals surface area contributed by atoms with Crippen LogP contribution in [0.15, 0.2) is 59.0 Å². The van der Waals surface area contributed by atoms with Gasteiger partial charge >= 0.3 is 0 Å². The van der Waals surface area contributed by atoms with Crippen molar-refractivity contribution >= 4 is 39.2 Å². The largest absolute Gasteiger partial charge is 0.352 e. The van der Waals surface area contributed by atoms with Gasteiger partial charge in [-0.25, -0.2) is 4.98 Å². The molecule has 0 bridgehead atoms. The Labute approximate surface area is 172 Å². The summed E-state index contributed by atoms with van der Waals surface area (Å²) in [6.45, 7) is 6.62. The highest BCUT2D eigenvalue weighted by Crippen LogP contribution is 2.25. The molecule has 0 saturated carbocycles. The number of thioether (sulfide) groups is 1. The van der Waals surface area contributed by atoms with Gasteiger partial charge < -0.3 is 5.32 Å². The van der Waals surface area contributed by atoms with Gasteiger partial charge in [0.25, 0.3) is 5.56 Å². The Balaban J connectivity index is 1.90. The molecular formula is C21H23N3O2S2. The summed E-state index contributed by atoms with van der Waals surface area (Å²) in [5, 5.41) is 4.01. The van der Waals surface area contributed by atoms with Gasteiger partial charge in [-0.05, 0) is 24.5 Å². The molecule has 2 aromatic heterocycles. The van der Waals surface area contributed by atoms with E-state index in [4.69, 9.17) is 4.98 Å². The number of nitrogens with one attached hydrogen (secondary N) is 1. The van der Waals surface area contributed by atoms with Crippen LogP contribution < -0.4 is 10.9 Å². The van der Waals surface area contributed by atoms with Crippen LogP contribution in [0.2, 0.25) is 0 Å². The molecule has 1 amide bonds. The molecule has 0 radical (unpaired) electrons. The van der Waals surface area contributed by atoms with E-state index in [1.807, 2.05) is 36.4 Å². The van der Waals surface area contributed by atoms with Gasteiger partial charge in [0.15, 0.2) is 5.16 Å². The summed E-state index contributed by atoms with van der Waals surface area (Å²) in [5.41, 5.74) is 1.12. The number of amides is 1. The van der Waals surface area contributed by atoms with Crippen molar-refractivity contribution in [3.8, 4) is 0 Å². The zero-order valence-corrected chi connectivity index (χ0v) is 17.4. The molecule has 0 aliphatic rings. The van der Waals surface area contributed by atoms with Crippen molar-refractivity contribution in [3.05, 3.63) is 69.8 Å². The average molecular weight is 414 g/mol. The normalized spacial score (nSPS) is 10.9. The molecule has 0 unspecified atom stereocenters. The van der Waals surface area contributed by atoms with E-state index < -0.39 is 0 Å². The molecule has 7 heteroatoms. The average Bonchev–Trinajstić information content (AvgIpc) is 3.14. The number of hydrogen-bond acceptors (Lipinski definition) is 5. The SMILES string of the molecule is C=CCNC(=O)CSc1nc2sc(CC)cc2c(=O)n1CCc1ccccc1. The molecule has 0 atom stereocenters. The Hall–Kier alpha value is -2.38. The molecule has 5 nitrogen and oxygen atoms in total. The number of carbonyl (C=O) groups is 1. The monoisotopic (exact) mass is 413 g/mol. The molecule has 28 heavy (non-hydrogen) atoms. The van der Waals surface area contributed by atoms with Gasteiger partial charge in [0.2, 0.25) is 5.91 Å². The van der Waals surface area contributed by atoms with Crippen LogP contribution in [-0.4, -0.2) is 27.8 Å². The molecule has 0 fully saturated rings. The number of hydrogen-bond donors (Lipinski definition) is 1. The fourth-order valence-corrected chi connectivity index (χ4v) is 4.65. The van der Waals surface area contributed by atoms with Gasteiger partial charge in [-0.1, -0.05) is 55.1 Å². The summed E-state index contributed by atoms with van der Waals surface area (Å²) in [7, 11) is 0. The number of rotatable bonds is 9. The molecule has 1 aromatic carbocycles. The van der Waals surface area contributed by atoms with E-state index >= 15 is 0 Å². The topological polar surface area (TPSA) is 64.0 Å². The summed E-state index contributed by atoms with van der Waals surface area (Å²) in [5.74, 6) is 0.109.